The molecule has 1 heterocycles. The maximum absolute atomic E-state index is 4.80. The molecule has 0 atom stereocenters. The molecule has 0 unspecified atom stereocenters. The largest absolute Gasteiger partial charge is 0.294 e. The van der Waals surface area contributed by atoms with Crippen molar-refractivity contribution >= 4 is 49.5 Å². The number of nitrogens with zero attached hydrogens (tertiary/aromatic N) is 3. The van der Waals surface area contributed by atoms with Crippen molar-refractivity contribution in [2.24, 2.45) is 0 Å². The van der Waals surface area contributed by atoms with Crippen molar-refractivity contribution in [1.82, 2.24) is 9.97 Å². The van der Waals surface area contributed by atoms with Crippen molar-refractivity contribution in [3.8, 4) is 33.4 Å². The molecule has 0 aliphatic rings. The summed E-state index contributed by atoms with van der Waals surface area (Å²) in [4.78, 5) is 11.5. The molecule has 0 amide bonds. The second kappa shape index (κ2) is 13.2. The first-order valence-electron chi connectivity index (χ1n) is 18.2. The first kappa shape index (κ1) is 32.3. The van der Waals surface area contributed by atoms with Gasteiger partial charge in [-0.3, -0.25) is 9.88 Å². The third-order valence-electron chi connectivity index (χ3n) is 10.3. The Bertz CT molecular complexity index is 2720. The summed E-state index contributed by atoms with van der Waals surface area (Å²) < 4.78 is 0. The van der Waals surface area contributed by atoms with Crippen LogP contribution in [0.5, 0.6) is 0 Å². The molecule has 0 saturated carbocycles. The average molecular weight is 682 g/mol. The zero-order valence-electron chi connectivity index (χ0n) is 30.2. The Morgan fingerprint density at radius 2 is 1.02 bits per heavy atom. The van der Waals surface area contributed by atoms with Crippen molar-refractivity contribution < 1.29 is 0 Å². The van der Waals surface area contributed by atoms with E-state index in [2.05, 4.69) is 194 Å². The Morgan fingerprint density at radius 1 is 0.453 bits per heavy atom. The molecule has 3 heteroatoms. The quantitative estimate of drug-likeness (QED) is 0.164. The van der Waals surface area contributed by atoms with Crippen LogP contribution in [0.1, 0.15) is 26.3 Å². The van der Waals surface area contributed by atoms with E-state index in [0.717, 1.165) is 17.2 Å². The summed E-state index contributed by atoms with van der Waals surface area (Å²) in [6.07, 6.45) is 5.33. The number of rotatable bonds is 6. The summed E-state index contributed by atoms with van der Waals surface area (Å²) in [5.41, 5.74) is 10.6. The zero-order valence-corrected chi connectivity index (χ0v) is 30.2. The first-order valence-corrected chi connectivity index (χ1v) is 18.2. The van der Waals surface area contributed by atoms with Gasteiger partial charge < -0.3 is 0 Å². The monoisotopic (exact) mass is 681 g/mol. The van der Waals surface area contributed by atoms with Crippen LogP contribution >= 0.6 is 0 Å². The van der Waals surface area contributed by atoms with E-state index in [-0.39, 0.29) is 5.41 Å². The second-order valence-corrected chi connectivity index (χ2v) is 14.7. The molecule has 9 rings (SSSR count). The highest BCUT2D eigenvalue weighted by molar-refractivity contribution is 6.33. The maximum Gasteiger partial charge on any atom is 0.156 e. The Hall–Kier alpha value is -6.58. The molecule has 0 radical (unpaired) electrons. The van der Waals surface area contributed by atoms with Crippen molar-refractivity contribution in [2.45, 2.75) is 26.2 Å². The van der Waals surface area contributed by atoms with Crippen LogP contribution < -0.4 is 4.90 Å². The van der Waals surface area contributed by atoms with Crippen LogP contribution in [0.15, 0.2) is 182 Å². The van der Waals surface area contributed by atoms with E-state index < -0.39 is 0 Å². The number of aromatic nitrogens is 2. The van der Waals surface area contributed by atoms with Gasteiger partial charge in [0.2, 0.25) is 0 Å². The van der Waals surface area contributed by atoms with E-state index in [1.54, 1.807) is 12.4 Å². The molecule has 1 aromatic heterocycles. The van der Waals surface area contributed by atoms with Crippen molar-refractivity contribution in [3.63, 3.8) is 0 Å². The molecule has 0 bridgehead atoms. The highest BCUT2D eigenvalue weighted by Gasteiger charge is 2.23. The van der Waals surface area contributed by atoms with Gasteiger partial charge in [-0.15, -0.1) is 0 Å². The molecule has 0 spiro atoms. The van der Waals surface area contributed by atoms with Crippen LogP contribution in [0.25, 0.3) is 65.7 Å². The van der Waals surface area contributed by atoms with E-state index in [9.17, 15) is 0 Å². The number of hydrogen-bond donors (Lipinski definition) is 0. The van der Waals surface area contributed by atoms with Crippen LogP contribution in [0.2, 0.25) is 0 Å². The molecular formula is C50H39N3. The molecule has 9 aromatic rings. The number of fused-ring (bicyclic) bond motifs is 6. The molecule has 3 nitrogen and oxygen atoms in total. The fraction of sp³-hybridized carbons (Fsp3) is 0.0800. The number of benzene rings is 8. The average Bonchev–Trinajstić information content (AvgIpc) is 3.21. The first-order chi connectivity index (χ1) is 26.0. The SMILES string of the molecule is CC(C)(C)c1ccc(N(c2ccc3c(c2)c2ccccc2c2c(-c4ccccc4)cc(-c4ccccc4)c(-c4ccccc4)c32)c2cnccn2)cc1. The lowest BCUT2D eigenvalue weighted by atomic mass is 9.81. The fourth-order valence-electron chi connectivity index (χ4n) is 7.81. The normalized spacial score (nSPS) is 11.7. The highest BCUT2D eigenvalue weighted by Crippen LogP contribution is 2.50. The van der Waals surface area contributed by atoms with Crippen LogP contribution in [0.3, 0.4) is 0 Å². The van der Waals surface area contributed by atoms with Gasteiger partial charge in [0.05, 0.1) is 6.20 Å². The van der Waals surface area contributed by atoms with Gasteiger partial charge in [-0.05, 0) is 107 Å². The van der Waals surface area contributed by atoms with Gasteiger partial charge in [-0.2, -0.15) is 0 Å². The summed E-state index contributed by atoms with van der Waals surface area (Å²) in [7, 11) is 0. The summed E-state index contributed by atoms with van der Waals surface area (Å²) >= 11 is 0. The molecule has 0 aliphatic carbocycles. The molecular weight excluding hydrogens is 643 g/mol. The molecule has 0 aliphatic heterocycles. The predicted molar refractivity (Wildman–Crippen MR) is 224 cm³/mol. The molecule has 0 N–H and O–H groups in total. The molecule has 0 fully saturated rings. The van der Waals surface area contributed by atoms with Gasteiger partial charge in [0, 0.05) is 23.8 Å². The summed E-state index contributed by atoms with van der Waals surface area (Å²) in [6.45, 7) is 6.74. The molecule has 0 saturated heterocycles. The Balaban J connectivity index is 1.42. The van der Waals surface area contributed by atoms with E-state index in [4.69, 9.17) is 4.98 Å². The summed E-state index contributed by atoms with van der Waals surface area (Å²) in [6, 6.07) is 59.6. The van der Waals surface area contributed by atoms with E-state index in [0.29, 0.717) is 0 Å². The minimum atomic E-state index is 0.0481. The van der Waals surface area contributed by atoms with Gasteiger partial charge in [-0.25, -0.2) is 4.98 Å². The summed E-state index contributed by atoms with van der Waals surface area (Å²) in [5.74, 6) is 0.767. The third kappa shape index (κ3) is 5.81. The van der Waals surface area contributed by atoms with Gasteiger partial charge in [0.1, 0.15) is 0 Å². The van der Waals surface area contributed by atoms with Crippen molar-refractivity contribution in [1.29, 1.82) is 0 Å². The van der Waals surface area contributed by atoms with Crippen molar-refractivity contribution in [2.75, 3.05) is 4.90 Å². The lowest BCUT2D eigenvalue weighted by molar-refractivity contribution is 0.590. The molecule has 53 heavy (non-hydrogen) atoms. The topological polar surface area (TPSA) is 29.0 Å². The third-order valence-corrected chi connectivity index (χ3v) is 10.3. The predicted octanol–water partition coefficient (Wildman–Crippen LogP) is 13.7. The Kier molecular flexibility index (Phi) is 8.05. The maximum atomic E-state index is 4.80. The Labute approximate surface area is 310 Å². The number of hydrogen-bond acceptors (Lipinski definition) is 3. The van der Waals surface area contributed by atoms with Crippen molar-refractivity contribution in [3.05, 3.63) is 188 Å². The lowest BCUT2D eigenvalue weighted by Gasteiger charge is -2.27. The van der Waals surface area contributed by atoms with Crippen LogP contribution in [0.4, 0.5) is 17.2 Å². The zero-order chi connectivity index (χ0) is 35.9. The van der Waals surface area contributed by atoms with E-state index in [1.165, 1.54) is 71.3 Å². The molecule has 8 aromatic carbocycles. The van der Waals surface area contributed by atoms with Crippen LogP contribution in [0, 0.1) is 0 Å². The van der Waals surface area contributed by atoms with Crippen LogP contribution in [-0.2, 0) is 5.41 Å². The van der Waals surface area contributed by atoms with Gasteiger partial charge >= 0.3 is 0 Å². The number of anilines is 3. The van der Waals surface area contributed by atoms with E-state index in [1.807, 2.05) is 6.20 Å². The smallest absolute Gasteiger partial charge is 0.156 e. The van der Waals surface area contributed by atoms with Crippen LogP contribution in [-0.4, -0.2) is 9.97 Å². The molecule has 254 valence electrons. The fourth-order valence-corrected chi connectivity index (χ4v) is 7.81. The highest BCUT2D eigenvalue weighted by atomic mass is 15.2. The van der Waals surface area contributed by atoms with E-state index >= 15 is 0 Å². The second-order valence-electron chi connectivity index (χ2n) is 14.7. The van der Waals surface area contributed by atoms with Gasteiger partial charge in [0.25, 0.3) is 0 Å². The minimum absolute atomic E-state index is 0.0481. The standard InChI is InChI=1S/C50H39N3/c1-50(2,3)37-23-25-38(26-24-37)53(46-33-51-29-30-52-46)39-27-28-42-45(31-39)40-21-13-14-22-41(40)48-44(35-17-9-5-10-18-35)32-43(34-15-7-4-8-16-34)47(49(42)48)36-19-11-6-12-20-36/h4-33H,1-3H3. The Morgan fingerprint density at radius 3 is 1.64 bits per heavy atom. The van der Waals surface area contributed by atoms with Gasteiger partial charge in [0.15, 0.2) is 5.82 Å². The van der Waals surface area contributed by atoms with Gasteiger partial charge in [-0.1, -0.05) is 154 Å². The lowest BCUT2D eigenvalue weighted by Crippen LogP contribution is -2.14. The minimum Gasteiger partial charge on any atom is -0.294 e. The summed E-state index contributed by atoms with van der Waals surface area (Å²) in [5, 5.41) is 7.34.